The summed E-state index contributed by atoms with van der Waals surface area (Å²) in [4.78, 5) is 3.43. The minimum atomic E-state index is 0.795. The molecule has 2 rings (SSSR count). The van der Waals surface area contributed by atoms with Crippen LogP contribution < -0.4 is 5.73 Å². The Balaban J connectivity index is 2.23. The van der Waals surface area contributed by atoms with Crippen LogP contribution in [0.4, 0.5) is 0 Å². The number of aryl methyl sites for hydroxylation is 3. The molecule has 0 aliphatic rings. The fourth-order valence-electron chi connectivity index (χ4n) is 2.15. The molecule has 86 valence electrons. The number of hydrogen-bond acceptors (Lipinski definition) is 1. The van der Waals surface area contributed by atoms with Crippen molar-refractivity contribution in [3.63, 3.8) is 0 Å². The van der Waals surface area contributed by atoms with Crippen molar-refractivity contribution in [2.24, 2.45) is 5.73 Å². The van der Waals surface area contributed by atoms with Gasteiger partial charge in [-0.05, 0) is 56.8 Å². The van der Waals surface area contributed by atoms with E-state index in [-0.39, 0.29) is 0 Å². The molecule has 0 unspecified atom stereocenters. The summed E-state index contributed by atoms with van der Waals surface area (Å²) in [5.41, 5.74) is 10.8. The van der Waals surface area contributed by atoms with Crippen LogP contribution in [0.2, 0.25) is 0 Å². The fraction of sp³-hybridized carbons (Fsp3) is 0.429. The number of nitrogens with one attached hydrogen (secondary N) is 1. The lowest BCUT2D eigenvalue weighted by molar-refractivity contribution is 0.745. The van der Waals surface area contributed by atoms with Gasteiger partial charge in [0.2, 0.25) is 0 Å². The maximum atomic E-state index is 5.50. The standard InChI is InChI=1S/C14H20N2/c1-10-11(2)16-14-9-12(5-3-4-8-15)6-7-13(10)14/h6-7,9,16H,3-5,8,15H2,1-2H3. The van der Waals surface area contributed by atoms with Crippen LogP contribution in [0, 0.1) is 13.8 Å². The second kappa shape index (κ2) is 4.71. The van der Waals surface area contributed by atoms with E-state index in [9.17, 15) is 0 Å². The SMILES string of the molecule is Cc1[nH]c2cc(CCCCN)ccc2c1C. The predicted octanol–water partition coefficient (Wildman–Crippen LogP) is 3.07. The Kier molecular flexibility index (Phi) is 3.30. The van der Waals surface area contributed by atoms with Crippen molar-refractivity contribution < 1.29 is 0 Å². The molecule has 0 fully saturated rings. The van der Waals surface area contributed by atoms with E-state index in [1.807, 2.05) is 0 Å². The molecule has 2 aromatic rings. The molecule has 0 aliphatic heterocycles. The van der Waals surface area contributed by atoms with Crippen LogP contribution in [-0.2, 0) is 6.42 Å². The molecular weight excluding hydrogens is 196 g/mol. The number of unbranched alkanes of at least 4 members (excludes halogenated alkanes) is 1. The average Bonchev–Trinajstić information content (AvgIpc) is 2.55. The van der Waals surface area contributed by atoms with E-state index in [1.165, 1.54) is 34.1 Å². The van der Waals surface area contributed by atoms with Crippen molar-refractivity contribution in [3.8, 4) is 0 Å². The molecule has 0 amide bonds. The molecule has 0 atom stereocenters. The van der Waals surface area contributed by atoms with E-state index < -0.39 is 0 Å². The van der Waals surface area contributed by atoms with E-state index in [1.54, 1.807) is 0 Å². The summed E-state index contributed by atoms with van der Waals surface area (Å²) < 4.78 is 0. The first-order valence-corrected chi connectivity index (χ1v) is 6.00. The summed E-state index contributed by atoms with van der Waals surface area (Å²) >= 11 is 0. The zero-order valence-corrected chi connectivity index (χ0v) is 10.1. The van der Waals surface area contributed by atoms with Crippen molar-refractivity contribution in [2.75, 3.05) is 6.54 Å². The Morgan fingerprint density at radius 2 is 2.00 bits per heavy atom. The molecule has 0 aliphatic carbocycles. The normalized spacial score (nSPS) is 11.2. The molecule has 0 saturated heterocycles. The van der Waals surface area contributed by atoms with Crippen LogP contribution in [0.1, 0.15) is 29.7 Å². The van der Waals surface area contributed by atoms with Crippen molar-refractivity contribution in [1.29, 1.82) is 0 Å². The molecule has 0 bridgehead atoms. The number of H-pyrrole nitrogens is 1. The van der Waals surface area contributed by atoms with Crippen molar-refractivity contribution >= 4 is 10.9 Å². The number of nitrogens with two attached hydrogens (primary N) is 1. The third-order valence-electron chi connectivity index (χ3n) is 3.29. The molecule has 1 aromatic carbocycles. The van der Waals surface area contributed by atoms with Gasteiger partial charge in [-0.1, -0.05) is 12.1 Å². The van der Waals surface area contributed by atoms with Gasteiger partial charge in [-0.3, -0.25) is 0 Å². The molecule has 0 radical (unpaired) electrons. The molecule has 1 heterocycles. The highest BCUT2D eigenvalue weighted by atomic mass is 14.7. The fourth-order valence-corrected chi connectivity index (χ4v) is 2.15. The zero-order valence-electron chi connectivity index (χ0n) is 10.1. The summed E-state index contributed by atoms with van der Waals surface area (Å²) in [6, 6.07) is 6.73. The minimum Gasteiger partial charge on any atom is -0.358 e. The number of aromatic nitrogens is 1. The monoisotopic (exact) mass is 216 g/mol. The first kappa shape index (κ1) is 11.2. The third kappa shape index (κ3) is 2.12. The van der Waals surface area contributed by atoms with Gasteiger partial charge in [-0.25, -0.2) is 0 Å². The highest BCUT2D eigenvalue weighted by Crippen LogP contribution is 2.22. The molecule has 0 saturated carbocycles. The van der Waals surface area contributed by atoms with Gasteiger partial charge < -0.3 is 10.7 Å². The van der Waals surface area contributed by atoms with Gasteiger partial charge in [-0.2, -0.15) is 0 Å². The predicted molar refractivity (Wildman–Crippen MR) is 69.8 cm³/mol. The van der Waals surface area contributed by atoms with E-state index in [2.05, 4.69) is 37.0 Å². The first-order valence-electron chi connectivity index (χ1n) is 6.00. The van der Waals surface area contributed by atoms with E-state index in [4.69, 9.17) is 5.73 Å². The minimum absolute atomic E-state index is 0.795. The maximum Gasteiger partial charge on any atom is 0.0461 e. The molecule has 2 heteroatoms. The summed E-state index contributed by atoms with van der Waals surface area (Å²) in [6.45, 7) is 5.09. The molecule has 1 aromatic heterocycles. The first-order chi connectivity index (χ1) is 7.72. The molecule has 2 nitrogen and oxygen atoms in total. The number of rotatable bonds is 4. The molecule has 3 N–H and O–H groups in total. The largest absolute Gasteiger partial charge is 0.358 e. The zero-order chi connectivity index (χ0) is 11.5. The topological polar surface area (TPSA) is 41.8 Å². The lowest BCUT2D eigenvalue weighted by Gasteiger charge is -2.01. The molecule has 0 spiro atoms. The van der Waals surface area contributed by atoms with Gasteiger partial charge in [0.15, 0.2) is 0 Å². The third-order valence-corrected chi connectivity index (χ3v) is 3.29. The highest BCUT2D eigenvalue weighted by molar-refractivity contribution is 5.84. The highest BCUT2D eigenvalue weighted by Gasteiger charge is 2.04. The van der Waals surface area contributed by atoms with Crippen LogP contribution in [0.3, 0.4) is 0 Å². The van der Waals surface area contributed by atoms with Crippen molar-refractivity contribution in [2.45, 2.75) is 33.1 Å². The van der Waals surface area contributed by atoms with Crippen molar-refractivity contribution in [1.82, 2.24) is 4.98 Å². The van der Waals surface area contributed by atoms with Gasteiger partial charge in [0, 0.05) is 16.6 Å². The second-order valence-electron chi connectivity index (χ2n) is 4.50. The van der Waals surface area contributed by atoms with Crippen LogP contribution in [0.5, 0.6) is 0 Å². The Morgan fingerprint density at radius 1 is 1.19 bits per heavy atom. The number of benzene rings is 1. The summed E-state index contributed by atoms with van der Waals surface area (Å²) in [5.74, 6) is 0. The van der Waals surface area contributed by atoms with Gasteiger partial charge in [0.05, 0.1) is 0 Å². The lowest BCUT2D eigenvalue weighted by Crippen LogP contribution is -1.98. The Morgan fingerprint density at radius 3 is 2.75 bits per heavy atom. The van der Waals surface area contributed by atoms with Crippen LogP contribution in [0.25, 0.3) is 10.9 Å². The van der Waals surface area contributed by atoms with E-state index in [0.29, 0.717) is 0 Å². The van der Waals surface area contributed by atoms with Crippen LogP contribution in [-0.4, -0.2) is 11.5 Å². The average molecular weight is 216 g/mol. The van der Waals surface area contributed by atoms with Crippen LogP contribution >= 0.6 is 0 Å². The number of fused-ring (bicyclic) bond motifs is 1. The Labute approximate surface area is 96.9 Å². The molecular formula is C14H20N2. The number of hydrogen-bond donors (Lipinski definition) is 2. The summed E-state index contributed by atoms with van der Waals surface area (Å²) in [7, 11) is 0. The Hall–Kier alpha value is -1.28. The smallest absolute Gasteiger partial charge is 0.0461 e. The van der Waals surface area contributed by atoms with Crippen LogP contribution in [0.15, 0.2) is 18.2 Å². The molecule has 16 heavy (non-hydrogen) atoms. The van der Waals surface area contributed by atoms with Gasteiger partial charge in [0.1, 0.15) is 0 Å². The summed E-state index contributed by atoms with van der Waals surface area (Å²) in [5, 5.41) is 1.35. The summed E-state index contributed by atoms with van der Waals surface area (Å²) in [6.07, 6.45) is 3.42. The van der Waals surface area contributed by atoms with Gasteiger partial charge in [-0.15, -0.1) is 0 Å². The van der Waals surface area contributed by atoms with E-state index in [0.717, 1.165) is 19.4 Å². The quantitative estimate of drug-likeness (QED) is 0.758. The maximum absolute atomic E-state index is 5.50. The van der Waals surface area contributed by atoms with E-state index >= 15 is 0 Å². The second-order valence-corrected chi connectivity index (χ2v) is 4.50. The Bertz CT molecular complexity index is 483. The van der Waals surface area contributed by atoms with Gasteiger partial charge in [0.25, 0.3) is 0 Å². The van der Waals surface area contributed by atoms with Gasteiger partial charge >= 0.3 is 0 Å². The lowest BCUT2D eigenvalue weighted by atomic mass is 10.1. The number of aromatic amines is 1. The van der Waals surface area contributed by atoms with Crippen molar-refractivity contribution in [3.05, 3.63) is 35.0 Å².